The molecule has 78 heavy (non-hydrogen) atoms. The van der Waals surface area contributed by atoms with Crippen LogP contribution in [-0.2, 0) is 33.2 Å². The molecule has 12 N–H and O–H groups in total. The Morgan fingerprint density at radius 2 is 0.808 bits per heavy atom. The molecule has 0 radical (unpaired) electrons. The molecule has 0 aromatic rings. The summed E-state index contributed by atoms with van der Waals surface area (Å²) in [6.07, 6.45) is 17.7. The van der Waals surface area contributed by atoms with Crippen molar-refractivity contribution in [3.05, 3.63) is 24.3 Å². The zero-order valence-electron chi connectivity index (χ0n) is 47.7. The quantitative estimate of drug-likeness (QED) is 0.0263. The summed E-state index contributed by atoms with van der Waals surface area (Å²) in [5.74, 6) is -0.278. The third-order valence-corrected chi connectivity index (χ3v) is 15.5. The van der Waals surface area contributed by atoms with Crippen LogP contribution in [0.1, 0.15) is 213 Å². The third-order valence-electron chi connectivity index (χ3n) is 15.5. The van der Waals surface area contributed by atoms with Crippen LogP contribution in [0.15, 0.2) is 24.3 Å². The number of aliphatic hydroxyl groups excluding tert-OH is 11. The van der Waals surface area contributed by atoms with Gasteiger partial charge in [0.25, 0.3) is 0 Å². The van der Waals surface area contributed by atoms with Gasteiger partial charge < -0.3 is 89.9 Å². The normalized spacial score (nSPS) is 30.6. The van der Waals surface area contributed by atoms with Crippen molar-refractivity contribution in [2.45, 2.75) is 317 Å². The van der Waals surface area contributed by atoms with Crippen LogP contribution in [-0.4, -0.2) is 193 Å². The van der Waals surface area contributed by atoms with Gasteiger partial charge in [-0.05, 0) is 44.9 Å². The van der Waals surface area contributed by atoms with Crippen LogP contribution in [0.25, 0.3) is 0 Å². The maximum atomic E-state index is 13.3. The lowest BCUT2D eigenvalue weighted by Gasteiger charge is -2.48. The monoisotopic (exact) mass is 1120 g/mol. The SMILES string of the molecule is CCCCCCCC/C=C/C(O)C(COC1OC(CO)C(OC2OC(CO)C(OC3OC(CO)C(O)C(O)C3O)C(O)C2O)C(O)C1O)NC(=O)CCCCCCCCCCCCCCC/C=C\CCCCCCCCCC. The van der Waals surface area contributed by atoms with Gasteiger partial charge in [-0.2, -0.15) is 0 Å². The molecule has 3 aliphatic rings. The molecule has 3 fully saturated rings. The standard InChI is InChI=1S/C59H109NO18/c1-3-5-7-9-11-13-14-15-16-17-18-19-20-21-22-23-24-25-26-27-28-29-31-33-35-37-47(65)60-42(43(64)36-34-32-30-12-10-8-6-4-2)41-73-57-53(71)50(68)55(45(39-62)75-57)78-59-54(72)51(69)56(46(40-63)76-59)77-58-52(70)49(67)48(66)44(38-61)74-58/h17-18,34,36,42-46,48-59,61-64,66-72H,3-16,19-33,35,37-41H2,1-2H3,(H,60,65)/b18-17-,36-34+. The van der Waals surface area contributed by atoms with Crippen LogP contribution in [0.3, 0.4) is 0 Å². The molecule has 3 aliphatic heterocycles. The number of carbonyl (C=O) groups excluding carboxylic acids is 1. The van der Waals surface area contributed by atoms with E-state index >= 15 is 0 Å². The average molecular weight is 1120 g/mol. The molecule has 17 atom stereocenters. The summed E-state index contributed by atoms with van der Waals surface area (Å²) in [5, 5.41) is 120. The van der Waals surface area contributed by atoms with E-state index in [2.05, 4.69) is 31.3 Å². The van der Waals surface area contributed by atoms with Crippen LogP contribution < -0.4 is 5.32 Å². The summed E-state index contributed by atoms with van der Waals surface area (Å²) in [5.41, 5.74) is 0. The minimum atomic E-state index is -1.97. The Morgan fingerprint density at radius 1 is 0.449 bits per heavy atom. The zero-order chi connectivity index (χ0) is 56.9. The van der Waals surface area contributed by atoms with Gasteiger partial charge in [-0.3, -0.25) is 4.79 Å². The Labute approximate surface area is 467 Å². The highest BCUT2D eigenvalue weighted by molar-refractivity contribution is 5.76. The molecule has 3 heterocycles. The topological polar surface area (TPSA) is 307 Å². The number of unbranched alkanes of at least 4 members (excludes halogenated alkanes) is 27. The molecule has 3 rings (SSSR count). The van der Waals surface area contributed by atoms with Gasteiger partial charge in [0.05, 0.1) is 38.6 Å². The molecule has 1 amide bonds. The maximum absolute atomic E-state index is 13.3. The lowest BCUT2D eigenvalue weighted by molar-refractivity contribution is -0.379. The van der Waals surface area contributed by atoms with Gasteiger partial charge in [0, 0.05) is 6.42 Å². The van der Waals surface area contributed by atoms with Gasteiger partial charge in [0.1, 0.15) is 73.2 Å². The summed E-state index contributed by atoms with van der Waals surface area (Å²) in [6.45, 7) is 1.67. The second kappa shape index (κ2) is 43.0. The van der Waals surface area contributed by atoms with Gasteiger partial charge in [0.2, 0.25) is 5.91 Å². The molecule has 0 aromatic carbocycles. The van der Waals surface area contributed by atoms with E-state index in [1.165, 1.54) is 135 Å². The number of aliphatic hydroxyl groups is 11. The first-order valence-corrected chi connectivity index (χ1v) is 30.6. The molecule has 17 unspecified atom stereocenters. The average Bonchev–Trinajstić information content (AvgIpc) is 3.48. The minimum Gasteiger partial charge on any atom is -0.394 e. The molecule has 458 valence electrons. The van der Waals surface area contributed by atoms with E-state index in [1.54, 1.807) is 6.08 Å². The van der Waals surface area contributed by atoms with E-state index in [-0.39, 0.29) is 18.9 Å². The number of amides is 1. The van der Waals surface area contributed by atoms with E-state index < -0.39 is 124 Å². The largest absolute Gasteiger partial charge is 0.394 e. The Hall–Kier alpha value is -1.73. The minimum absolute atomic E-state index is 0.245. The van der Waals surface area contributed by atoms with E-state index in [0.29, 0.717) is 6.42 Å². The number of allylic oxidation sites excluding steroid dienone is 3. The Balaban J connectivity index is 1.40. The fraction of sp³-hybridized carbons (Fsp3) is 0.915. The second-order valence-electron chi connectivity index (χ2n) is 22.2. The molecule has 19 heteroatoms. The lowest BCUT2D eigenvalue weighted by Crippen LogP contribution is -2.66. The Bertz CT molecular complexity index is 1530. The fourth-order valence-electron chi connectivity index (χ4n) is 10.4. The number of nitrogens with one attached hydrogen (secondary N) is 1. The summed E-state index contributed by atoms with van der Waals surface area (Å²) in [4.78, 5) is 13.3. The van der Waals surface area contributed by atoms with Crippen molar-refractivity contribution in [1.82, 2.24) is 5.32 Å². The number of ether oxygens (including phenoxy) is 6. The molecular weight excluding hydrogens is 1010 g/mol. The smallest absolute Gasteiger partial charge is 0.220 e. The van der Waals surface area contributed by atoms with Gasteiger partial charge in [0.15, 0.2) is 18.9 Å². The molecule has 0 bridgehead atoms. The van der Waals surface area contributed by atoms with Crippen molar-refractivity contribution >= 4 is 5.91 Å². The first-order valence-electron chi connectivity index (χ1n) is 30.6. The molecule has 3 saturated heterocycles. The van der Waals surface area contributed by atoms with Crippen molar-refractivity contribution in [2.24, 2.45) is 0 Å². The summed E-state index contributed by atoms with van der Waals surface area (Å²) in [6, 6.07) is -0.968. The number of carbonyl (C=O) groups is 1. The van der Waals surface area contributed by atoms with Crippen molar-refractivity contribution in [2.75, 3.05) is 26.4 Å². The van der Waals surface area contributed by atoms with Crippen LogP contribution >= 0.6 is 0 Å². The van der Waals surface area contributed by atoms with E-state index in [0.717, 1.165) is 51.4 Å². The Kier molecular flexibility index (Phi) is 38.9. The number of hydrogen-bond donors (Lipinski definition) is 12. The molecule has 0 aliphatic carbocycles. The fourth-order valence-corrected chi connectivity index (χ4v) is 10.4. The number of rotatable bonds is 45. The van der Waals surface area contributed by atoms with Crippen molar-refractivity contribution < 1.29 is 89.4 Å². The van der Waals surface area contributed by atoms with E-state index in [4.69, 9.17) is 28.4 Å². The zero-order valence-corrected chi connectivity index (χ0v) is 47.7. The highest BCUT2D eigenvalue weighted by Crippen LogP contribution is 2.33. The highest BCUT2D eigenvalue weighted by Gasteiger charge is 2.53. The molecular formula is C59H109NO18. The molecule has 0 aromatic heterocycles. The van der Waals surface area contributed by atoms with Crippen LogP contribution in [0.4, 0.5) is 0 Å². The predicted molar refractivity (Wildman–Crippen MR) is 296 cm³/mol. The highest BCUT2D eigenvalue weighted by atomic mass is 16.8. The van der Waals surface area contributed by atoms with Gasteiger partial charge in [-0.15, -0.1) is 0 Å². The van der Waals surface area contributed by atoms with Gasteiger partial charge in [-0.25, -0.2) is 0 Å². The Morgan fingerprint density at radius 3 is 1.24 bits per heavy atom. The number of hydrogen-bond acceptors (Lipinski definition) is 18. The summed E-state index contributed by atoms with van der Waals surface area (Å²) in [7, 11) is 0. The second-order valence-corrected chi connectivity index (χ2v) is 22.2. The first kappa shape index (κ1) is 70.5. The van der Waals surface area contributed by atoms with Crippen LogP contribution in [0.5, 0.6) is 0 Å². The van der Waals surface area contributed by atoms with Gasteiger partial charge in [-0.1, -0.05) is 186 Å². The van der Waals surface area contributed by atoms with Gasteiger partial charge >= 0.3 is 0 Å². The van der Waals surface area contributed by atoms with Crippen molar-refractivity contribution in [3.63, 3.8) is 0 Å². The van der Waals surface area contributed by atoms with Crippen LogP contribution in [0.2, 0.25) is 0 Å². The summed E-state index contributed by atoms with van der Waals surface area (Å²) < 4.78 is 34.2. The van der Waals surface area contributed by atoms with Crippen molar-refractivity contribution in [1.29, 1.82) is 0 Å². The molecule has 0 saturated carbocycles. The predicted octanol–water partition coefficient (Wildman–Crippen LogP) is 5.54. The molecule has 0 spiro atoms. The van der Waals surface area contributed by atoms with E-state index in [9.17, 15) is 61.0 Å². The third kappa shape index (κ3) is 26.7. The summed E-state index contributed by atoms with van der Waals surface area (Å²) >= 11 is 0. The molecule has 19 nitrogen and oxygen atoms in total. The maximum Gasteiger partial charge on any atom is 0.220 e. The lowest BCUT2D eigenvalue weighted by atomic mass is 9.96. The first-order chi connectivity index (χ1) is 37.8. The van der Waals surface area contributed by atoms with Crippen molar-refractivity contribution in [3.8, 4) is 0 Å². The van der Waals surface area contributed by atoms with E-state index in [1.807, 2.05) is 6.08 Å². The van der Waals surface area contributed by atoms with Crippen LogP contribution in [0, 0.1) is 0 Å².